The molecule has 0 radical (unpaired) electrons. The fourth-order valence-electron chi connectivity index (χ4n) is 2.51. The lowest BCUT2D eigenvalue weighted by molar-refractivity contribution is 0.103. The maximum absolute atomic E-state index is 12.3. The van der Waals surface area contributed by atoms with Gasteiger partial charge in [-0.15, -0.1) is 11.3 Å². The summed E-state index contributed by atoms with van der Waals surface area (Å²) in [5, 5.41) is 5.32. The standard InChI is InChI=1S/C17H20ClNOS/c1-11(2)10-12(3)13-6-4-5-7-15(13)19-17(20)16-14(18)8-9-21-16/h4-9,11-12H,10H2,1-3H3,(H,19,20). The van der Waals surface area contributed by atoms with Gasteiger partial charge in [0.2, 0.25) is 0 Å². The molecule has 1 aromatic heterocycles. The molecular weight excluding hydrogens is 302 g/mol. The van der Waals surface area contributed by atoms with Gasteiger partial charge in [0.1, 0.15) is 4.88 Å². The molecule has 1 amide bonds. The van der Waals surface area contributed by atoms with Gasteiger partial charge in [0.05, 0.1) is 5.02 Å². The zero-order valence-corrected chi connectivity index (χ0v) is 14.1. The lowest BCUT2D eigenvalue weighted by Gasteiger charge is -2.18. The van der Waals surface area contributed by atoms with Crippen LogP contribution in [0.3, 0.4) is 0 Å². The molecule has 1 N–H and O–H groups in total. The van der Waals surface area contributed by atoms with Gasteiger partial charge >= 0.3 is 0 Å². The number of nitrogens with one attached hydrogen (secondary N) is 1. The van der Waals surface area contributed by atoms with Gasteiger partial charge in [-0.2, -0.15) is 0 Å². The van der Waals surface area contributed by atoms with Crippen molar-refractivity contribution in [3.63, 3.8) is 0 Å². The summed E-state index contributed by atoms with van der Waals surface area (Å²) in [6, 6.07) is 9.73. The van der Waals surface area contributed by atoms with Crippen LogP contribution in [0.15, 0.2) is 35.7 Å². The molecule has 2 nitrogen and oxygen atoms in total. The van der Waals surface area contributed by atoms with Crippen LogP contribution in [0.1, 0.15) is 48.3 Å². The molecule has 0 bridgehead atoms. The molecule has 1 unspecified atom stereocenters. The van der Waals surface area contributed by atoms with Gasteiger partial charge < -0.3 is 5.32 Å². The van der Waals surface area contributed by atoms with Crippen molar-refractivity contribution in [2.24, 2.45) is 5.92 Å². The van der Waals surface area contributed by atoms with Crippen molar-refractivity contribution in [3.05, 3.63) is 51.2 Å². The third kappa shape index (κ3) is 4.08. The van der Waals surface area contributed by atoms with Gasteiger partial charge in [-0.3, -0.25) is 4.79 Å². The van der Waals surface area contributed by atoms with E-state index in [1.54, 1.807) is 6.07 Å². The first-order chi connectivity index (χ1) is 9.99. The summed E-state index contributed by atoms with van der Waals surface area (Å²) in [6.07, 6.45) is 1.09. The van der Waals surface area contributed by atoms with Crippen LogP contribution in [0.25, 0.3) is 0 Å². The van der Waals surface area contributed by atoms with Gasteiger partial charge in [-0.05, 0) is 41.3 Å². The molecule has 2 aromatic rings. The predicted octanol–water partition coefficient (Wildman–Crippen LogP) is 5.80. The van der Waals surface area contributed by atoms with Gasteiger partial charge in [0.25, 0.3) is 5.91 Å². The summed E-state index contributed by atoms with van der Waals surface area (Å²) >= 11 is 7.38. The third-order valence-corrected chi connectivity index (χ3v) is 4.73. The predicted molar refractivity (Wildman–Crippen MR) is 91.6 cm³/mol. The van der Waals surface area contributed by atoms with Crippen molar-refractivity contribution in [3.8, 4) is 0 Å². The maximum Gasteiger partial charge on any atom is 0.267 e. The third-order valence-electron chi connectivity index (χ3n) is 3.39. The topological polar surface area (TPSA) is 29.1 Å². The summed E-state index contributed by atoms with van der Waals surface area (Å²) in [4.78, 5) is 12.9. The Kier molecular flexibility index (Phi) is 5.43. The van der Waals surface area contributed by atoms with E-state index >= 15 is 0 Å². The summed E-state index contributed by atoms with van der Waals surface area (Å²) in [5.74, 6) is 0.884. The molecular formula is C17H20ClNOS. The van der Waals surface area contributed by atoms with E-state index in [4.69, 9.17) is 11.6 Å². The zero-order chi connectivity index (χ0) is 15.4. The SMILES string of the molecule is CC(C)CC(C)c1ccccc1NC(=O)c1sccc1Cl. The molecule has 1 heterocycles. The molecule has 0 fully saturated rings. The Bertz CT molecular complexity index is 621. The van der Waals surface area contributed by atoms with E-state index in [2.05, 4.69) is 32.2 Å². The number of anilines is 1. The second-order valence-corrected chi connectivity index (χ2v) is 6.99. The van der Waals surface area contributed by atoms with Gasteiger partial charge in [0.15, 0.2) is 0 Å². The minimum absolute atomic E-state index is 0.140. The molecule has 112 valence electrons. The molecule has 0 aliphatic rings. The van der Waals surface area contributed by atoms with E-state index in [-0.39, 0.29) is 5.91 Å². The Morgan fingerprint density at radius 2 is 1.95 bits per heavy atom. The Balaban J connectivity index is 2.21. The largest absolute Gasteiger partial charge is 0.321 e. The molecule has 0 saturated carbocycles. The van der Waals surface area contributed by atoms with Crippen molar-refractivity contribution in [2.75, 3.05) is 5.32 Å². The number of para-hydroxylation sites is 1. The van der Waals surface area contributed by atoms with Crippen molar-refractivity contribution in [1.29, 1.82) is 0 Å². The number of benzene rings is 1. The smallest absolute Gasteiger partial charge is 0.267 e. The van der Waals surface area contributed by atoms with E-state index < -0.39 is 0 Å². The van der Waals surface area contributed by atoms with Crippen LogP contribution in [0, 0.1) is 5.92 Å². The molecule has 4 heteroatoms. The van der Waals surface area contributed by atoms with Crippen molar-refractivity contribution in [1.82, 2.24) is 0 Å². The van der Waals surface area contributed by atoms with Crippen molar-refractivity contribution < 1.29 is 4.79 Å². The summed E-state index contributed by atoms with van der Waals surface area (Å²) in [6.45, 7) is 6.62. The van der Waals surface area contributed by atoms with E-state index in [0.717, 1.165) is 12.1 Å². The molecule has 0 aliphatic carbocycles. The average Bonchev–Trinajstić information content (AvgIpc) is 2.84. The van der Waals surface area contributed by atoms with E-state index in [0.29, 0.717) is 21.7 Å². The lowest BCUT2D eigenvalue weighted by Crippen LogP contribution is -2.13. The minimum Gasteiger partial charge on any atom is -0.321 e. The van der Waals surface area contributed by atoms with Crippen LogP contribution in [0.2, 0.25) is 5.02 Å². The first-order valence-corrected chi connectivity index (χ1v) is 8.38. The Morgan fingerprint density at radius 3 is 2.57 bits per heavy atom. The fraction of sp³-hybridized carbons (Fsp3) is 0.353. The van der Waals surface area contributed by atoms with Crippen molar-refractivity contribution in [2.45, 2.75) is 33.1 Å². The highest BCUT2D eigenvalue weighted by Gasteiger charge is 2.16. The maximum atomic E-state index is 12.3. The normalized spacial score (nSPS) is 12.4. The number of carbonyl (C=O) groups excluding carboxylic acids is 1. The fourth-order valence-corrected chi connectivity index (χ4v) is 3.55. The second-order valence-electron chi connectivity index (χ2n) is 5.67. The molecule has 2 rings (SSSR count). The molecule has 21 heavy (non-hydrogen) atoms. The van der Waals surface area contributed by atoms with Crippen LogP contribution in [-0.2, 0) is 0 Å². The van der Waals surface area contributed by atoms with Crippen LogP contribution in [-0.4, -0.2) is 5.91 Å². The summed E-state index contributed by atoms with van der Waals surface area (Å²) in [7, 11) is 0. The number of hydrogen-bond acceptors (Lipinski definition) is 2. The second kappa shape index (κ2) is 7.10. The highest BCUT2D eigenvalue weighted by Crippen LogP contribution is 2.30. The highest BCUT2D eigenvalue weighted by molar-refractivity contribution is 7.12. The lowest BCUT2D eigenvalue weighted by atomic mass is 9.91. The molecule has 1 atom stereocenters. The van der Waals surface area contributed by atoms with Crippen LogP contribution in [0.5, 0.6) is 0 Å². The van der Waals surface area contributed by atoms with Crippen LogP contribution in [0.4, 0.5) is 5.69 Å². The number of halogens is 1. The quantitative estimate of drug-likeness (QED) is 0.740. The van der Waals surface area contributed by atoms with Crippen molar-refractivity contribution >= 4 is 34.5 Å². The number of rotatable bonds is 5. The molecule has 0 saturated heterocycles. The number of hydrogen-bond donors (Lipinski definition) is 1. The first-order valence-electron chi connectivity index (χ1n) is 7.12. The molecule has 1 aromatic carbocycles. The number of carbonyl (C=O) groups is 1. The number of amides is 1. The average molecular weight is 322 g/mol. The Hall–Kier alpha value is -1.32. The first kappa shape index (κ1) is 16.1. The number of thiophene rings is 1. The molecule has 0 aliphatic heterocycles. The van der Waals surface area contributed by atoms with E-state index in [9.17, 15) is 4.79 Å². The summed E-state index contributed by atoms with van der Waals surface area (Å²) in [5.41, 5.74) is 2.05. The van der Waals surface area contributed by atoms with Gasteiger partial charge in [-0.1, -0.05) is 50.6 Å². The zero-order valence-electron chi connectivity index (χ0n) is 12.5. The Morgan fingerprint density at radius 1 is 1.24 bits per heavy atom. The van der Waals surface area contributed by atoms with Crippen LogP contribution < -0.4 is 5.32 Å². The highest BCUT2D eigenvalue weighted by atomic mass is 35.5. The van der Waals surface area contributed by atoms with Gasteiger partial charge in [-0.25, -0.2) is 0 Å². The Labute approximate surface area is 135 Å². The van der Waals surface area contributed by atoms with Crippen LogP contribution >= 0.6 is 22.9 Å². The molecule has 0 spiro atoms. The summed E-state index contributed by atoms with van der Waals surface area (Å²) < 4.78 is 0. The van der Waals surface area contributed by atoms with E-state index in [1.807, 2.05) is 23.6 Å². The van der Waals surface area contributed by atoms with E-state index in [1.165, 1.54) is 16.9 Å². The monoisotopic (exact) mass is 321 g/mol. The minimum atomic E-state index is -0.140. The van der Waals surface area contributed by atoms with Gasteiger partial charge in [0, 0.05) is 5.69 Å².